The van der Waals surface area contributed by atoms with Crippen molar-refractivity contribution in [3.05, 3.63) is 58.2 Å². The van der Waals surface area contributed by atoms with E-state index in [0.29, 0.717) is 42.7 Å². The predicted octanol–water partition coefficient (Wildman–Crippen LogP) is 4.73. The van der Waals surface area contributed by atoms with Gasteiger partial charge < -0.3 is 19.4 Å². The minimum atomic E-state index is -0.643. The van der Waals surface area contributed by atoms with Gasteiger partial charge >= 0.3 is 11.7 Å². The summed E-state index contributed by atoms with van der Waals surface area (Å²) in [6.45, 7) is 9.97. The number of carbonyl (C=O) groups excluding carboxylic acids is 2. The van der Waals surface area contributed by atoms with Gasteiger partial charge in [-0.05, 0) is 69.9 Å². The van der Waals surface area contributed by atoms with Crippen LogP contribution in [0.3, 0.4) is 0 Å². The summed E-state index contributed by atoms with van der Waals surface area (Å²) in [7, 11) is 1.77. The van der Waals surface area contributed by atoms with Gasteiger partial charge in [0.2, 0.25) is 5.91 Å². The number of aryl methyl sites for hydroxylation is 1. The maximum Gasteiger partial charge on any atom is 0.412 e. The van der Waals surface area contributed by atoms with Crippen molar-refractivity contribution in [2.45, 2.75) is 59.6 Å². The largest absolute Gasteiger partial charge is 0.444 e. The van der Waals surface area contributed by atoms with Crippen molar-refractivity contribution in [3.8, 4) is 0 Å². The van der Waals surface area contributed by atoms with E-state index in [2.05, 4.69) is 20.6 Å². The number of ether oxygens (including phenoxy) is 1. The number of benzene rings is 1. The molecule has 0 saturated carbocycles. The van der Waals surface area contributed by atoms with Crippen LogP contribution in [0.2, 0.25) is 0 Å². The Morgan fingerprint density at radius 3 is 2.62 bits per heavy atom. The normalized spacial score (nSPS) is 12.2. The highest BCUT2D eigenvalue weighted by atomic mass is 16.6. The number of anilines is 2. The third kappa shape index (κ3) is 8.03. The van der Waals surface area contributed by atoms with Gasteiger partial charge in [0, 0.05) is 31.9 Å². The number of nitrogens with zero attached hydrogens (tertiary/aromatic N) is 3. The van der Waals surface area contributed by atoms with E-state index < -0.39 is 17.3 Å². The number of fused-ring (bicyclic) bond motifs is 1. The van der Waals surface area contributed by atoms with Crippen LogP contribution in [0.5, 0.6) is 0 Å². The second kappa shape index (κ2) is 11.9. The monoisotopic (exact) mass is 509 g/mol. The maximum absolute atomic E-state index is 12.7. The number of amides is 2. The molecular weight excluding hydrogens is 474 g/mol. The van der Waals surface area contributed by atoms with Crippen molar-refractivity contribution >= 4 is 34.6 Å². The molecule has 0 aliphatic rings. The average molecular weight is 510 g/mol. The molecule has 0 spiro atoms. The Hall–Kier alpha value is -3.95. The van der Waals surface area contributed by atoms with Crippen LogP contribution in [0.25, 0.3) is 10.9 Å². The first-order valence-electron chi connectivity index (χ1n) is 12.2. The average Bonchev–Trinajstić information content (AvgIpc) is 2.80. The van der Waals surface area contributed by atoms with E-state index in [4.69, 9.17) is 9.15 Å². The highest BCUT2D eigenvalue weighted by Gasteiger charge is 2.19. The molecule has 1 atom stereocenters. The lowest BCUT2D eigenvalue weighted by molar-refractivity contribution is -0.131. The van der Waals surface area contributed by atoms with E-state index in [1.807, 2.05) is 25.1 Å². The van der Waals surface area contributed by atoms with Crippen LogP contribution in [-0.2, 0) is 16.1 Å². The molecule has 2 aromatic heterocycles. The second-order valence-electron chi connectivity index (χ2n) is 10.2. The first kappa shape index (κ1) is 27.6. The maximum atomic E-state index is 12.7. The van der Waals surface area contributed by atoms with Gasteiger partial charge in [-0.2, -0.15) is 4.98 Å². The predicted molar refractivity (Wildman–Crippen MR) is 142 cm³/mol. The van der Waals surface area contributed by atoms with Gasteiger partial charge in [-0.3, -0.25) is 15.1 Å². The molecule has 2 N–H and O–H groups in total. The molecule has 3 rings (SSSR count). The van der Waals surface area contributed by atoms with Gasteiger partial charge in [0.15, 0.2) is 0 Å². The fraction of sp³-hybridized carbons (Fsp3) is 0.444. The molecule has 37 heavy (non-hydrogen) atoms. The number of carbonyl (C=O) groups is 2. The quantitative estimate of drug-likeness (QED) is 0.424. The van der Waals surface area contributed by atoms with Crippen LogP contribution in [0.4, 0.5) is 16.5 Å². The number of rotatable bonds is 9. The van der Waals surface area contributed by atoms with E-state index in [9.17, 15) is 14.4 Å². The lowest BCUT2D eigenvalue weighted by Gasteiger charge is -2.20. The SMILES string of the molecule is Cc1c(NC(=O)OC(C)(C)C)ccc2nc(NCCC(C)CC(=O)N(C)Cc3ccccn3)oc(=O)c12. The summed E-state index contributed by atoms with van der Waals surface area (Å²) in [6, 6.07) is 9.06. The van der Waals surface area contributed by atoms with Crippen molar-refractivity contribution < 1.29 is 18.7 Å². The number of pyridine rings is 1. The molecule has 2 amide bonds. The molecule has 0 fully saturated rings. The zero-order chi connectivity index (χ0) is 27.2. The van der Waals surface area contributed by atoms with Crippen molar-refractivity contribution in [1.29, 1.82) is 0 Å². The standard InChI is InChI=1S/C27H35N5O5/c1-17(15-22(33)32(6)16-19-9-7-8-13-28-19)12-14-29-25-30-21-11-10-20(18(2)23(21)24(34)36-25)31-26(35)37-27(3,4)5/h7-11,13,17H,12,14-16H2,1-6H3,(H,29,30)(H,31,35). The number of aromatic nitrogens is 2. The summed E-state index contributed by atoms with van der Waals surface area (Å²) in [5, 5.41) is 5.99. The van der Waals surface area contributed by atoms with Crippen molar-refractivity contribution in [2.75, 3.05) is 24.2 Å². The second-order valence-corrected chi connectivity index (χ2v) is 10.2. The molecule has 0 bridgehead atoms. The number of nitrogens with one attached hydrogen (secondary N) is 2. The molecule has 10 nitrogen and oxygen atoms in total. The van der Waals surface area contributed by atoms with Crippen molar-refractivity contribution in [3.63, 3.8) is 0 Å². The molecule has 10 heteroatoms. The summed E-state index contributed by atoms with van der Waals surface area (Å²) < 4.78 is 10.7. The summed E-state index contributed by atoms with van der Waals surface area (Å²) in [6.07, 6.45) is 2.18. The lowest BCUT2D eigenvalue weighted by Crippen LogP contribution is -2.28. The molecule has 1 aromatic carbocycles. The Morgan fingerprint density at radius 2 is 1.95 bits per heavy atom. The van der Waals surface area contributed by atoms with Gasteiger partial charge in [0.25, 0.3) is 6.01 Å². The summed E-state index contributed by atoms with van der Waals surface area (Å²) in [4.78, 5) is 47.7. The molecule has 3 aromatic rings. The van der Waals surface area contributed by atoms with Crippen molar-refractivity contribution in [2.24, 2.45) is 5.92 Å². The Bertz CT molecular complexity index is 1300. The molecule has 198 valence electrons. The van der Waals surface area contributed by atoms with Crippen LogP contribution < -0.4 is 16.3 Å². The molecule has 2 heterocycles. The third-order valence-corrected chi connectivity index (χ3v) is 5.68. The highest BCUT2D eigenvalue weighted by Crippen LogP contribution is 2.24. The van der Waals surface area contributed by atoms with Gasteiger partial charge in [-0.25, -0.2) is 9.59 Å². The first-order chi connectivity index (χ1) is 17.4. The Morgan fingerprint density at radius 1 is 1.19 bits per heavy atom. The van der Waals surface area contributed by atoms with Crippen LogP contribution in [0.15, 0.2) is 45.7 Å². The molecule has 0 aliphatic carbocycles. The van der Waals surface area contributed by atoms with Crippen LogP contribution in [0.1, 0.15) is 51.8 Å². The molecule has 1 unspecified atom stereocenters. The van der Waals surface area contributed by atoms with Gasteiger partial charge in [0.05, 0.1) is 23.1 Å². The van der Waals surface area contributed by atoms with Crippen LogP contribution >= 0.6 is 0 Å². The van der Waals surface area contributed by atoms with Crippen LogP contribution in [0, 0.1) is 12.8 Å². The van der Waals surface area contributed by atoms with E-state index in [0.717, 1.165) is 5.69 Å². The first-order valence-corrected chi connectivity index (χ1v) is 12.2. The lowest BCUT2D eigenvalue weighted by atomic mass is 10.0. The topological polar surface area (TPSA) is 127 Å². The molecular formula is C27H35N5O5. The van der Waals surface area contributed by atoms with Gasteiger partial charge in [-0.1, -0.05) is 13.0 Å². The zero-order valence-electron chi connectivity index (χ0n) is 22.3. The zero-order valence-corrected chi connectivity index (χ0v) is 22.3. The highest BCUT2D eigenvalue weighted by molar-refractivity contribution is 5.93. The van der Waals surface area contributed by atoms with Crippen LogP contribution in [-0.4, -0.2) is 46.1 Å². The van der Waals surface area contributed by atoms with Gasteiger partial charge in [-0.15, -0.1) is 0 Å². The number of hydrogen-bond acceptors (Lipinski definition) is 8. The van der Waals surface area contributed by atoms with E-state index >= 15 is 0 Å². The van der Waals surface area contributed by atoms with E-state index in [1.165, 1.54) is 0 Å². The Labute approximate surface area is 216 Å². The minimum Gasteiger partial charge on any atom is -0.444 e. The summed E-state index contributed by atoms with van der Waals surface area (Å²) in [5.74, 6) is 0.155. The Kier molecular flexibility index (Phi) is 8.86. The fourth-order valence-electron chi connectivity index (χ4n) is 3.75. The fourth-order valence-corrected chi connectivity index (χ4v) is 3.75. The summed E-state index contributed by atoms with van der Waals surface area (Å²) in [5.41, 5.74) is 1.08. The third-order valence-electron chi connectivity index (χ3n) is 5.68. The summed E-state index contributed by atoms with van der Waals surface area (Å²) >= 11 is 0. The minimum absolute atomic E-state index is 0.0415. The van der Waals surface area contributed by atoms with Gasteiger partial charge in [0.1, 0.15) is 5.60 Å². The number of hydrogen-bond donors (Lipinski definition) is 2. The van der Waals surface area contributed by atoms with E-state index in [1.54, 1.807) is 58.0 Å². The molecule has 0 radical (unpaired) electrons. The molecule has 0 saturated heterocycles. The smallest absolute Gasteiger partial charge is 0.412 e. The molecule has 0 aliphatic heterocycles. The Balaban J connectivity index is 1.56. The van der Waals surface area contributed by atoms with Crippen molar-refractivity contribution in [1.82, 2.24) is 14.9 Å². The van der Waals surface area contributed by atoms with E-state index in [-0.39, 0.29) is 23.2 Å².